The second-order valence-corrected chi connectivity index (χ2v) is 8.50. The molecule has 0 aromatic rings. The molecule has 6 atom stereocenters. The van der Waals surface area contributed by atoms with Crippen molar-refractivity contribution >= 4 is 17.9 Å². The molecule has 4 heterocycles. The van der Waals surface area contributed by atoms with E-state index in [9.17, 15) is 24.6 Å². The number of rotatable bonds is 3. The van der Waals surface area contributed by atoms with E-state index in [0.29, 0.717) is 6.42 Å². The van der Waals surface area contributed by atoms with Crippen LogP contribution in [0.25, 0.3) is 0 Å². The highest BCUT2D eigenvalue weighted by molar-refractivity contribution is 5.94. The zero-order valence-electron chi connectivity index (χ0n) is 16.6. The van der Waals surface area contributed by atoms with E-state index >= 15 is 0 Å². The molecule has 0 radical (unpaired) electrons. The van der Waals surface area contributed by atoms with Gasteiger partial charge in [-0.15, -0.1) is 0 Å². The molecule has 160 valence electrons. The summed E-state index contributed by atoms with van der Waals surface area (Å²) in [5.41, 5.74) is -2.70. The maximum absolute atomic E-state index is 12.6. The van der Waals surface area contributed by atoms with Gasteiger partial charge in [0.05, 0.1) is 16.7 Å². The average Bonchev–Trinajstić information content (AvgIpc) is 3.02. The molecule has 4 aliphatic heterocycles. The van der Waals surface area contributed by atoms with Crippen LogP contribution in [0, 0.1) is 0 Å². The zero-order valence-corrected chi connectivity index (χ0v) is 16.6. The molecule has 4 rings (SSSR count). The van der Waals surface area contributed by atoms with E-state index in [4.69, 9.17) is 23.7 Å². The maximum atomic E-state index is 12.6. The Balaban J connectivity index is 1.88. The summed E-state index contributed by atoms with van der Waals surface area (Å²) in [5.74, 6) is -5.75. The van der Waals surface area contributed by atoms with Crippen LogP contribution >= 0.6 is 0 Å². The lowest BCUT2D eigenvalue weighted by molar-refractivity contribution is -0.314. The first kappa shape index (κ1) is 20.3. The van der Waals surface area contributed by atoms with Crippen molar-refractivity contribution in [3.63, 3.8) is 0 Å². The van der Waals surface area contributed by atoms with Crippen LogP contribution in [0.5, 0.6) is 0 Å². The van der Waals surface area contributed by atoms with Crippen LogP contribution in [-0.4, -0.2) is 69.7 Å². The van der Waals surface area contributed by atoms with Crippen LogP contribution < -0.4 is 0 Å². The van der Waals surface area contributed by atoms with Crippen LogP contribution in [0.1, 0.15) is 47.0 Å². The first-order valence-corrected chi connectivity index (χ1v) is 9.44. The van der Waals surface area contributed by atoms with Crippen molar-refractivity contribution in [2.75, 3.05) is 6.61 Å². The van der Waals surface area contributed by atoms with Crippen LogP contribution in [0.3, 0.4) is 0 Å². The van der Waals surface area contributed by atoms with Crippen molar-refractivity contribution < 1.29 is 48.3 Å². The lowest BCUT2D eigenvalue weighted by Gasteiger charge is -2.48. The van der Waals surface area contributed by atoms with Gasteiger partial charge in [0, 0.05) is 26.7 Å². The van der Waals surface area contributed by atoms with Gasteiger partial charge in [0.15, 0.2) is 11.9 Å². The number of ether oxygens (including phenoxy) is 5. The third-order valence-corrected chi connectivity index (χ3v) is 6.17. The van der Waals surface area contributed by atoms with E-state index in [1.54, 1.807) is 6.92 Å². The van der Waals surface area contributed by atoms with Gasteiger partial charge in [0.2, 0.25) is 0 Å². The van der Waals surface area contributed by atoms with E-state index in [2.05, 4.69) is 0 Å². The minimum atomic E-state index is -2.42. The Morgan fingerprint density at radius 1 is 1.17 bits per heavy atom. The van der Waals surface area contributed by atoms with Crippen molar-refractivity contribution in [1.82, 2.24) is 0 Å². The topological polar surface area (TPSA) is 141 Å². The first-order valence-electron chi connectivity index (χ1n) is 9.44. The van der Waals surface area contributed by atoms with Crippen LogP contribution in [0.2, 0.25) is 0 Å². The predicted molar refractivity (Wildman–Crippen MR) is 91.8 cm³/mol. The second-order valence-electron chi connectivity index (χ2n) is 8.50. The van der Waals surface area contributed by atoms with Gasteiger partial charge >= 0.3 is 17.9 Å². The molecule has 0 unspecified atom stereocenters. The summed E-state index contributed by atoms with van der Waals surface area (Å²) in [6, 6.07) is 0. The highest BCUT2D eigenvalue weighted by atomic mass is 16.8. The summed E-state index contributed by atoms with van der Waals surface area (Å²) in [4.78, 5) is 35.7. The Bertz CT molecular complexity index is 831. The molecular weight excluding hydrogens is 388 g/mol. The van der Waals surface area contributed by atoms with Gasteiger partial charge in [0.25, 0.3) is 5.79 Å². The Morgan fingerprint density at radius 3 is 2.48 bits per heavy atom. The molecule has 0 aromatic carbocycles. The number of fused-ring (bicyclic) bond motifs is 3. The van der Waals surface area contributed by atoms with Crippen molar-refractivity contribution in [3.05, 3.63) is 11.1 Å². The molecule has 4 aliphatic rings. The molecule has 3 saturated heterocycles. The largest absolute Gasteiger partial charge is 0.461 e. The summed E-state index contributed by atoms with van der Waals surface area (Å²) in [6.07, 6.45) is -1.86. The fourth-order valence-corrected chi connectivity index (χ4v) is 4.70. The van der Waals surface area contributed by atoms with Crippen LogP contribution in [-0.2, 0) is 38.1 Å². The van der Waals surface area contributed by atoms with E-state index < -0.39 is 59.5 Å². The number of hydrogen-bond donors (Lipinski definition) is 2. The Labute approximate surface area is 166 Å². The monoisotopic (exact) mass is 412 g/mol. The SMILES string of the molecule is CC(=O)OCC1=C2[C@@H](OC(C)=O)C[C@@]3(C)O[C@]34CC[C@@](C)(O)[C@@H](O4)[C@@]2(O)OC1=O. The third-order valence-electron chi connectivity index (χ3n) is 6.17. The number of epoxide rings is 1. The van der Waals surface area contributed by atoms with E-state index in [0.717, 1.165) is 0 Å². The standard InChI is InChI=1S/C19H24O10/c1-9(20)25-8-11-13-12(26-10(2)21)7-17(4)18(29-17)6-5-16(3,23)15(28-18)19(13,24)27-14(11)22/h12,15,23-24H,5-8H2,1-4H3/t12-,15+,16+,17+,18+,19-/m0/s1. The molecule has 29 heavy (non-hydrogen) atoms. The van der Waals surface area contributed by atoms with Gasteiger partial charge in [-0.05, 0) is 20.3 Å². The molecule has 3 fully saturated rings. The summed E-state index contributed by atoms with van der Waals surface area (Å²) >= 11 is 0. The molecule has 1 spiro atoms. The summed E-state index contributed by atoms with van der Waals surface area (Å²) in [7, 11) is 0. The van der Waals surface area contributed by atoms with E-state index in [1.807, 2.05) is 0 Å². The molecule has 10 nitrogen and oxygen atoms in total. The number of aliphatic hydroxyl groups is 2. The summed E-state index contributed by atoms with van der Waals surface area (Å²) in [6.45, 7) is 5.11. The fourth-order valence-electron chi connectivity index (χ4n) is 4.70. The Kier molecular flexibility index (Phi) is 4.20. The van der Waals surface area contributed by atoms with Gasteiger partial charge < -0.3 is 33.9 Å². The molecule has 2 bridgehead atoms. The van der Waals surface area contributed by atoms with Gasteiger partial charge in [-0.25, -0.2) is 4.79 Å². The maximum Gasteiger partial charge on any atom is 0.340 e. The average molecular weight is 412 g/mol. The first-order chi connectivity index (χ1) is 13.3. The normalized spacial score (nSPS) is 45.4. The molecule has 0 saturated carbocycles. The molecular formula is C19H24O10. The number of carbonyl (C=O) groups is 3. The predicted octanol–water partition coefficient (Wildman–Crippen LogP) is -0.158. The summed E-state index contributed by atoms with van der Waals surface area (Å²) < 4.78 is 27.6. The Morgan fingerprint density at radius 2 is 1.86 bits per heavy atom. The fraction of sp³-hybridized carbons (Fsp3) is 0.737. The lowest BCUT2D eigenvalue weighted by Crippen LogP contribution is -2.65. The van der Waals surface area contributed by atoms with Crippen molar-refractivity contribution in [1.29, 1.82) is 0 Å². The smallest absolute Gasteiger partial charge is 0.340 e. The van der Waals surface area contributed by atoms with E-state index in [-0.39, 0.29) is 24.0 Å². The highest BCUT2D eigenvalue weighted by Gasteiger charge is 2.78. The molecule has 0 amide bonds. The van der Waals surface area contributed by atoms with Crippen molar-refractivity contribution in [2.24, 2.45) is 0 Å². The van der Waals surface area contributed by atoms with Crippen LogP contribution in [0.15, 0.2) is 11.1 Å². The summed E-state index contributed by atoms with van der Waals surface area (Å²) in [5, 5.41) is 22.4. The van der Waals surface area contributed by atoms with Gasteiger partial charge in [-0.2, -0.15) is 0 Å². The Hall–Kier alpha value is -2.01. The third kappa shape index (κ3) is 2.89. The van der Waals surface area contributed by atoms with Crippen LogP contribution in [0.4, 0.5) is 0 Å². The van der Waals surface area contributed by atoms with Gasteiger partial charge in [0.1, 0.15) is 18.3 Å². The number of esters is 3. The zero-order chi connectivity index (χ0) is 21.4. The molecule has 10 heteroatoms. The lowest BCUT2D eigenvalue weighted by atomic mass is 9.74. The minimum absolute atomic E-state index is 0.0826. The van der Waals surface area contributed by atoms with Crippen molar-refractivity contribution in [3.8, 4) is 0 Å². The molecule has 0 aliphatic carbocycles. The van der Waals surface area contributed by atoms with E-state index in [1.165, 1.54) is 20.8 Å². The molecule has 0 aromatic heterocycles. The molecule has 2 N–H and O–H groups in total. The quantitative estimate of drug-likeness (QED) is 0.365. The van der Waals surface area contributed by atoms with Crippen molar-refractivity contribution in [2.45, 2.75) is 81.9 Å². The second kappa shape index (κ2) is 6.00. The van der Waals surface area contributed by atoms with Gasteiger partial charge in [-0.1, -0.05) is 0 Å². The van der Waals surface area contributed by atoms with Gasteiger partial charge in [-0.3, -0.25) is 9.59 Å². The minimum Gasteiger partial charge on any atom is -0.461 e. The number of carbonyl (C=O) groups excluding carboxylic acids is 3. The highest BCUT2D eigenvalue weighted by Crippen LogP contribution is 2.63. The number of hydrogen-bond acceptors (Lipinski definition) is 10.